The molecule has 4 nitrogen and oxygen atoms in total. The van der Waals surface area contributed by atoms with Crippen LogP contribution < -0.4 is 10.6 Å². The normalized spacial score (nSPS) is 11.2. The van der Waals surface area contributed by atoms with Gasteiger partial charge in [0.05, 0.1) is 6.54 Å². The minimum atomic E-state index is 0.0383. The monoisotopic (exact) mass is 273 g/mol. The first-order valence-corrected chi connectivity index (χ1v) is 7.03. The number of hydrogen-bond donors (Lipinski definition) is 2. The lowest BCUT2D eigenvalue weighted by Crippen LogP contribution is -2.37. The van der Waals surface area contributed by atoms with Crippen LogP contribution in [0.2, 0.25) is 0 Å². The van der Waals surface area contributed by atoms with Crippen molar-refractivity contribution in [2.45, 2.75) is 33.4 Å². The van der Waals surface area contributed by atoms with Crippen molar-refractivity contribution in [3.8, 4) is 0 Å². The average molecular weight is 273 g/mol. The quantitative estimate of drug-likeness (QED) is 0.876. The first-order chi connectivity index (χ1) is 9.50. The second-order valence-corrected chi connectivity index (χ2v) is 5.47. The third-order valence-corrected chi connectivity index (χ3v) is 3.53. The number of amides is 1. The third kappa shape index (κ3) is 3.02. The highest BCUT2D eigenvalue weighted by Crippen LogP contribution is 2.23. The van der Waals surface area contributed by atoms with Gasteiger partial charge in [-0.2, -0.15) is 0 Å². The Balaban J connectivity index is 2.05. The van der Waals surface area contributed by atoms with Crippen LogP contribution in [0.3, 0.4) is 0 Å². The molecule has 1 amide bonds. The summed E-state index contributed by atoms with van der Waals surface area (Å²) in [4.78, 5) is 11.6. The summed E-state index contributed by atoms with van der Waals surface area (Å²) in [5, 5.41) is 7.37. The third-order valence-electron chi connectivity index (χ3n) is 3.53. The highest BCUT2D eigenvalue weighted by molar-refractivity contribution is 5.85. The molecule has 108 valence electrons. The molecule has 4 heteroatoms. The maximum atomic E-state index is 11.6. The minimum Gasteiger partial charge on any atom is -0.353 e. The van der Waals surface area contributed by atoms with Crippen molar-refractivity contribution in [3.05, 3.63) is 35.5 Å². The van der Waals surface area contributed by atoms with Crippen LogP contribution in [-0.2, 0) is 18.4 Å². The van der Waals surface area contributed by atoms with Gasteiger partial charge in [-0.15, -0.1) is 0 Å². The van der Waals surface area contributed by atoms with E-state index < -0.39 is 0 Å². The molecule has 0 aliphatic rings. The van der Waals surface area contributed by atoms with Crippen molar-refractivity contribution in [3.63, 3.8) is 0 Å². The molecule has 0 atom stereocenters. The van der Waals surface area contributed by atoms with E-state index in [-0.39, 0.29) is 11.9 Å². The number of rotatable bonds is 5. The van der Waals surface area contributed by atoms with Gasteiger partial charge >= 0.3 is 0 Å². The molecule has 20 heavy (non-hydrogen) atoms. The van der Waals surface area contributed by atoms with Crippen LogP contribution in [0.4, 0.5) is 0 Å². The van der Waals surface area contributed by atoms with Gasteiger partial charge in [-0.25, -0.2) is 0 Å². The zero-order valence-electron chi connectivity index (χ0n) is 12.7. The van der Waals surface area contributed by atoms with Crippen molar-refractivity contribution >= 4 is 16.8 Å². The molecule has 2 N–H and O–H groups in total. The van der Waals surface area contributed by atoms with Crippen molar-refractivity contribution in [2.24, 2.45) is 7.05 Å². The van der Waals surface area contributed by atoms with E-state index in [4.69, 9.17) is 0 Å². The highest BCUT2D eigenvalue weighted by atomic mass is 16.1. The number of fused-ring (bicyclic) bond motifs is 1. The van der Waals surface area contributed by atoms with Gasteiger partial charge in [-0.05, 0) is 32.4 Å². The summed E-state index contributed by atoms with van der Waals surface area (Å²) in [6.45, 7) is 7.10. The smallest absolute Gasteiger partial charge is 0.234 e. The molecule has 0 bridgehead atoms. The maximum Gasteiger partial charge on any atom is 0.234 e. The van der Waals surface area contributed by atoms with E-state index >= 15 is 0 Å². The largest absolute Gasteiger partial charge is 0.353 e. The van der Waals surface area contributed by atoms with Crippen LogP contribution in [0.15, 0.2) is 24.3 Å². The van der Waals surface area contributed by atoms with Gasteiger partial charge in [0.2, 0.25) is 5.91 Å². The summed E-state index contributed by atoms with van der Waals surface area (Å²) >= 11 is 0. The predicted molar refractivity (Wildman–Crippen MR) is 82.6 cm³/mol. The van der Waals surface area contributed by atoms with Crippen molar-refractivity contribution in [2.75, 3.05) is 6.54 Å². The summed E-state index contributed by atoms with van der Waals surface area (Å²) in [6.07, 6.45) is 0. The predicted octanol–water partition coefficient (Wildman–Crippen LogP) is 2.10. The Hall–Kier alpha value is -1.81. The van der Waals surface area contributed by atoms with E-state index in [9.17, 15) is 4.79 Å². The molecular formula is C16H23N3O. The van der Waals surface area contributed by atoms with Gasteiger partial charge in [-0.1, -0.05) is 18.2 Å². The standard InChI is InChI=1S/C16H23N3O/c1-11(2)18-16(20)10-17-9-15-12(3)13-7-5-6-8-14(13)19(15)4/h5-8,11,17H,9-10H2,1-4H3,(H,18,20). The van der Waals surface area contributed by atoms with E-state index in [1.54, 1.807) is 0 Å². The fraction of sp³-hybridized carbons (Fsp3) is 0.438. The van der Waals surface area contributed by atoms with Gasteiger partial charge in [-0.3, -0.25) is 4.79 Å². The second-order valence-electron chi connectivity index (χ2n) is 5.47. The molecule has 0 fully saturated rings. The Kier molecular flexibility index (Phi) is 4.45. The van der Waals surface area contributed by atoms with Crippen molar-refractivity contribution in [1.29, 1.82) is 0 Å². The lowest BCUT2D eigenvalue weighted by atomic mass is 10.1. The number of carbonyl (C=O) groups excluding carboxylic acids is 1. The Morgan fingerprint density at radius 1 is 1.30 bits per heavy atom. The van der Waals surface area contributed by atoms with Crippen LogP contribution in [0.25, 0.3) is 10.9 Å². The summed E-state index contributed by atoms with van der Waals surface area (Å²) in [7, 11) is 2.07. The number of carbonyl (C=O) groups is 1. The fourth-order valence-electron chi connectivity index (χ4n) is 2.55. The Morgan fingerprint density at radius 3 is 2.65 bits per heavy atom. The van der Waals surface area contributed by atoms with E-state index in [1.165, 1.54) is 22.2 Å². The molecule has 0 spiro atoms. The number of aryl methyl sites for hydroxylation is 2. The highest BCUT2D eigenvalue weighted by Gasteiger charge is 2.11. The molecule has 0 radical (unpaired) electrons. The SMILES string of the molecule is Cc1c(CNCC(=O)NC(C)C)n(C)c2ccccc12. The Morgan fingerprint density at radius 2 is 2.00 bits per heavy atom. The first kappa shape index (κ1) is 14.6. The van der Waals surface area contributed by atoms with E-state index in [1.807, 2.05) is 13.8 Å². The molecule has 2 aromatic rings. The first-order valence-electron chi connectivity index (χ1n) is 7.03. The molecule has 0 unspecified atom stereocenters. The zero-order chi connectivity index (χ0) is 14.7. The Labute approximate surface area is 120 Å². The molecule has 0 aliphatic heterocycles. The summed E-state index contributed by atoms with van der Waals surface area (Å²) in [6, 6.07) is 8.55. The number of benzene rings is 1. The van der Waals surface area contributed by atoms with Crippen LogP contribution in [0.1, 0.15) is 25.1 Å². The summed E-state index contributed by atoms with van der Waals surface area (Å²) in [5.74, 6) is 0.0383. The molecule has 0 saturated heterocycles. The molecule has 1 aromatic carbocycles. The van der Waals surface area contributed by atoms with Gasteiger partial charge in [0.15, 0.2) is 0 Å². The number of nitrogens with zero attached hydrogens (tertiary/aromatic N) is 1. The second kappa shape index (κ2) is 6.09. The summed E-state index contributed by atoms with van der Waals surface area (Å²) in [5.41, 5.74) is 3.73. The number of para-hydroxylation sites is 1. The van der Waals surface area contributed by atoms with Crippen LogP contribution in [0, 0.1) is 6.92 Å². The minimum absolute atomic E-state index is 0.0383. The topological polar surface area (TPSA) is 46.1 Å². The molecule has 2 rings (SSSR count). The van der Waals surface area contributed by atoms with Crippen molar-refractivity contribution in [1.82, 2.24) is 15.2 Å². The zero-order valence-corrected chi connectivity index (χ0v) is 12.7. The van der Waals surface area contributed by atoms with E-state index in [0.29, 0.717) is 13.1 Å². The molecule has 1 heterocycles. The van der Waals surface area contributed by atoms with Gasteiger partial charge < -0.3 is 15.2 Å². The van der Waals surface area contributed by atoms with Crippen LogP contribution in [0.5, 0.6) is 0 Å². The summed E-state index contributed by atoms with van der Waals surface area (Å²) < 4.78 is 2.19. The number of nitrogens with one attached hydrogen (secondary N) is 2. The molecule has 1 aromatic heterocycles. The Bertz CT molecular complexity index is 574. The van der Waals surface area contributed by atoms with E-state index in [0.717, 1.165) is 0 Å². The van der Waals surface area contributed by atoms with E-state index in [2.05, 4.69) is 53.4 Å². The number of hydrogen-bond acceptors (Lipinski definition) is 2. The van der Waals surface area contributed by atoms with Gasteiger partial charge in [0, 0.05) is 36.2 Å². The fourth-order valence-corrected chi connectivity index (χ4v) is 2.55. The lowest BCUT2D eigenvalue weighted by Gasteiger charge is -2.10. The molecule has 0 saturated carbocycles. The van der Waals surface area contributed by atoms with Gasteiger partial charge in [0.1, 0.15) is 0 Å². The maximum absolute atomic E-state index is 11.6. The average Bonchev–Trinajstić information content (AvgIpc) is 2.63. The molecular weight excluding hydrogens is 250 g/mol. The van der Waals surface area contributed by atoms with Crippen LogP contribution in [-0.4, -0.2) is 23.1 Å². The molecule has 0 aliphatic carbocycles. The number of aromatic nitrogens is 1. The van der Waals surface area contributed by atoms with Crippen LogP contribution >= 0.6 is 0 Å². The van der Waals surface area contributed by atoms with Gasteiger partial charge in [0.25, 0.3) is 0 Å². The van der Waals surface area contributed by atoms with Crippen molar-refractivity contribution < 1.29 is 4.79 Å². The lowest BCUT2D eigenvalue weighted by molar-refractivity contribution is -0.120.